The van der Waals surface area contributed by atoms with Gasteiger partial charge in [0.05, 0.1) is 11.0 Å². The number of fused-ring (bicyclic) bond motifs is 7. The molecule has 0 aromatic rings. The van der Waals surface area contributed by atoms with Crippen molar-refractivity contribution in [3.63, 3.8) is 0 Å². The monoisotopic (exact) mass is 544 g/mol. The second kappa shape index (κ2) is 8.89. The molecule has 0 spiro atoms. The van der Waals surface area contributed by atoms with Gasteiger partial charge in [0.2, 0.25) is 5.91 Å². The van der Waals surface area contributed by atoms with Gasteiger partial charge in [0.15, 0.2) is 11.6 Å². The van der Waals surface area contributed by atoms with E-state index < -0.39 is 10.8 Å². The molecule has 216 valence electrons. The lowest BCUT2D eigenvalue weighted by molar-refractivity contribution is -0.184. The Balaban J connectivity index is 1.48. The van der Waals surface area contributed by atoms with Crippen molar-refractivity contribution in [1.29, 1.82) is 5.26 Å². The van der Waals surface area contributed by atoms with Crippen LogP contribution in [0.5, 0.6) is 0 Å². The van der Waals surface area contributed by atoms with E-state index in [-0.39, 0.29) is 57.1 Å². The molecule has 2 unspecified atom stereocenters. The summed E-state index contributed by atoms with van der Waals surface area (Å²) in [6.45, 7) is 15.2. The Morgan fingerprint density at radius 1 is 0.950 bits per heavy atom. The number of nitriles is 1. The Hall–Kier alpha value is -2.22. The van der Waals surface area contributed by atoms with Crippen molar-refractivity contribution in [2.75, 3.05) is 13.1 Å². The lowest BCUT2D eigenvalue weighted by Crippen LogP contribution is -2.66. The normalized spacial score (nSPS) is 46.1. The second-order valence-corrected chi connectivity index (χ2v) is 15.9. The van der Waals surface area contributed by atoms with Crippen LogP contribution in [0, 0.1) is 62.1 Å². The SMILES string of the molecule is C[C@@H]1C(=O)C(C#N)=C[C@]2(C)C3=CC(=O)C4C5CC(C)(C)CC[C@]5(C(=O)N5CCCCC5)CC[C@@]4(C)[C@]3(C)CC[C@@H]12. The third-order valence-electron chi connectivity index (χ3n) is 13.6. The summed E-state index contributed by atoms with van der Waals surface area (Å²) in [6.07, 6.45) is 13.7. The maximum atomic E-state index is 14.6. The molecule has 0 radical (unpaired) electrons. The van der Waals surface area contributed by atoms with Crippen molar-refractivity contribution in [3.8, 4) is 6.07 Å². The number of Topliss-reactive ketones (excluding diaryl/α,β-unsaturated/α-hetero) is 1. The Morgan fingerprint density at radius 2 is 1.62 bits per heavy atom. The fourth-order valence-electron chi connectivity index (χ4n) is 11.0. The van der Waals surface area contributed by atoms with E-state index in [2.05, 4.69) is 45.6 Å². The molecule has 0 N–H and O–H groups in total. The van der Waals surface area contributed by atoms with Crippen LogP contribution in [-0.4, -0.2) is 35.5 Å². The number of allylic oxidation sites excluding steroid dienone is 4. The Labute approximate surface area is 240 Å². The van der Waals surface area contributed by atoms with Crippen molar-refractivity contribution in [2.24, 2.45) is 50.7 Å². The van der Waals surface area contributed by atoms with Crippen LogP contribution in [0.25, 0.3) is 0 Å². The summed E-state index contributed by atoms with van der Waals surface area (Å²) in [6, 6.07) is 2.18. The minimum absolute atomic E-state index is 0.0501. The van der Waals surface area contributed by atoms with E-state index in [1.165, 1.54) is 6.42 Å². The molecule has 1 heterocycles. The number of amides is 1. The molecule has 5 heteroatoms. The maximum Gasteiger partial charge on any atom is 0.229 e. The quantitative estimate of drug-likeness (QED) is 0.362. The molecule has 1 amide bonds. The van der Waals surface area contributed by atoms with Gasteiger partial charge in [0.1, 0.15) is 6.07 Å². The first kappa shape index (κ1) is 27.9. The van der Waals surface area contributed by atoms with Crippen molar-refractivity contribution < 1.29 is 14.4 Å². The Kier molecular flexibility index (Phi) is 6.21. The van der Waals surface area contributed by atoms with Gasteiger partial charge in [-0.25, -0.2) is 0 Å². The summed E-state index contributed by atoms with van der Waals surface area (Å²) < 4.78 is 0. The number of hydrogen-bond donors (Lipinski definition) is 0. The number of carbonyl (C=O) groups excluding carboxylic acids is 3. The highest BCUT2D eigenvalue weighted by molar-refractivity contribution is 6.02. The number of rotatable bonds is 1. The number of hydrogen-bond acceptors (Lipinski definition) is 4. The zero-order valence-electron chi connectivity index (χ0n) is 25.6. The van der Waals surface area contributed by atoms with Gasteiger partial charge in [0, 0.05) is 30.3 Å². The number of likely N-dealkylation sites (tertiary alicyclic amines) is 1. The summed E-state index contributed by atoms with van der Waals surface area (Å²) in [7, 11) is 0. The zero-order valence-corrected chi connectivity index (χ0v) is 25.6. The average molecular weight is 545 g/mol. The van der Waals surface area contributed by atoms with Gasteiger partial charge < -0.3 is 4.90 Å². The van der Waals surface area contributed by atoms with Crippen LogP contribution in [0.2, 0.25) is 0 Å². The lowest BCUT2D eigenvalue weighted by atomic mass is 9.34. The summed E-state index contributed by atoms with van der Waals surface area (Å²) >= 11 is 0. The molecule has 6 aliphatic rings. The van der Waals surface area contributed by atoms with Crippen LogP contribution >= 0.6 is 0 Å². The summed E-state index contributed by atoms with van der Waals surface area (Å²) in [5, 5.41) is 9.84. The van der Waals surface area contributed by atoms with Gasteiger partial charge >= 0.3 is 0 Å². The summed E-state index contributed by atoms with van der Waals surface area (Å²) in [4.78, 5) is 44.2. The Bertz CT molecular complexity index is 1260. The highest BCUT2D eigenvalue weighted by Gasteiger charge is 2.70. The maximum absolute atomic E-state index is 14.6. The summed E-state index contributed by atoms with van der Waals surface area (Å²) in [5.74, 6) is 0.214. The molecule has 5 nitrogen and oxygen atoms in total. The van der Waals surface area contributed by atoms with E-state index in [1.807, 2.05) is 19.1 Å². The van der Waals surface area contributed by atoms with E-state index >= 15 is 0 Å². The minimum Gasteiger partial charge on any atom is -0.342 e. The van der Waals surface area contributed by atoms with Gasteiger partial charge in [-0.15, -0.1) is 0 Å². The lowest BCUT2D eigenvalue weighted by Gasteiger charge is -2.68. The molecular weight excluding hydrogens is 496 g/mol. The molecular formula is C35H48N2O3. The number of nitrogens with zero attached hydrogens (tertiary/aromatic N) is 2. The predicted molar refractivity (Wildman–Crippen MR) is 155 cm³/mol. The second-order valence-electron chi connectivity index (χ2n) is 15.9. The van der Waals surface area contributed by atoms with Crippen LogP contribution in [0.4, 0.5) is 0 Å². The van der Waals surface area contributed by atoms with Crippen LogP contribution in [0.3, 0.4) is 0 Å². The molecule has 40 heavy (non-hydrogen) atoms. The van der Waals surface area contributed by atoms with Gasteiger partial charge in [-0.3, -0.25) is 14.4 Å². The smallest absolute Gasteiger partial charge is 0.229 e. The number of piperidine rings is 1. The van der Waals surface area contributed by atoms with Gasteiger partial charge in [0.25, 0.3) is 0 Å². The van der Waals surface area contributed by atoms with Crippen LogP contribution in [-0.2, 0) is 14.4 Å². The van der Waals surface area contributed by atoms with Gasteiger partial charge in [-0.05, 0) is 98.4 Å². The van der Waals surface area contributed by atoms with Crippen molar-refractivity contribution in [1.82, 2.24) is 4.90 Å². The fraction of sp³-hybridized carbons (Fsp3) is 0.771. The van der Waals surface area contributed by atoms with Crippen LogP contribution in [0.15, 0.2) is 23.3 Å². The minimum atomic E-state index is -0.487. The van der Waals surface area contributed by atoms with Gasteiger partial charge in [-0.1, -0.05) is 53.2 Å². The molecule has 1 aliphatic heterocycles. The molecule has 1 saturated heterocycles. The highest BCUT2D eigenvalue weighted by atomic mass is 16.2. The first-order chi connectivity index (χ1) is 18.7. The van der Waals surface area contributed by atoms with Crippen molar-refractivity contribution >= 4 is 17.5 Å². The van der Waals surface area contributed by atoms with E-state index in [9.17, 15) is 19.6 Å². The first-order valence-electron chi connectivity index (χ1n) is 16.0. The molecule has 0 aromatic carbocycles. The van der Waals surface area contributed by atoms with Crippen molar-refractivity contribution in [3.05, 3.63) is 23.3 Å². The number of carbonyl (C=O) groups is 3. The molecule has 0 bridgehead atoms. The summed E-state index contributed by atoms with van der Waals surface area (Å²) in [5.41, 5.74) is 0.0749. The average Bonchev–Trinajstić information content (AvgIpc) is 2.92. The van der Waals surface area contributed by atoms with Crippen LogP contribution in [0.1, 0.15) is 106 Å². The molecule has 6 rings (SSSR count). The largest absolute Gasteiger partial charge is 0.342 e. The molecule has 5 aliphatic carbocycles. The third kappa shape index (κ3) is 3.53. The zero-order chi connectivity index (χ0) is 28.9. The standard InChI is InChI=1S/C35H48N2O3/c1-22-24-10-11-33(5)27(32(24,4)19-23(21-36)29(22)39)18-26(38)28-25-20-31(2,3)12-14-35(25,15-13-34(28,33)6)30(40)37-16-8-7-9-17-37/h18-19,22,24-25,28H,7-17,20H2,1-6H3/t22-,24-,25?,28?,32-,33+,34+,35-/m0/s1. The molecule has 4 fully saturated rings. The molecule has 8 atom stereocenters. The van der Waals surface area contributed by atoms with Gasteiger partial charge in [-0.2, -0.15) is 5.26 Å². The molecule has 0 aromatic heterocycles. The van der Waals surface area contributed by atoms with E-state index in [4.69, 9.17) is 0 Å². The number of ketones is 2. The topological polar surface area (TPSA) is 78.2 Å². The van der Waals surface area contributed by atoms with Crippen LogP contribution < -0.4 is 0 Å². The highest BCUT2D eigenvalue weighted by Crippen LogP contribution is 2.74. The fourth-order valence-corrected chi connectivity index (χ4v) is 11.0. The van der Waals surface area contributed by atoms with Crippen molar-refractivity contribution in [2.45, 2.75) is 106 Å². The van der Waals surface area contributed by atoms with E-state index in [0.717, 1.165) is 76.5 Å². The predicted octanol–water partition coefficient (Wildman–Crippen LogP) is 6.83. The molecule has 3 saturated carbocycles. The third-order valence-corrected chi connectivity index (χ3v) is 13.6. The Morgan fingerprint density at radius 3 is 2.30 bits per heavy atom. The van der Waals surface area contributed by atoms with E-state index in [0.29, 0.717) is 5.91 Å². The first-order valence-corrected chi connectivity index (χ1v) is 16.0. The van der Waals surface area contributed by atoms with E-state index in [1.54, 1.807) is 0 Å².